The second-order valence-corrected chi connectivity index (χ2v) is 8.51. The molecule has 0 unspecified atom stereocenters. The molecule has 7 heteroatoms. The zero-order chi connectivity index (χ0) is 20.3. The second-order valence-electron chi connectivity index (χ2n) is 6.94. The molecule has 6 nitrogen and oxygen atoms in total. The monoisotopic (exact) mass is 407 g/mol. The first-order valence-corrected chi connectivity index (χ1v) is 11.0. The van der Waals surface area contributed by atoms with E-state index in [1.54, 1.807) is 6.21 Å². The van der Waals surface area contributed by atoms with Crippen LogP contribution in [0.4, 0.5) is 0 Å². The topological polar surface area (TPSA) is 82.3 Å². The fourth-order valence-corrected chi connectivity index (χ4v) is 4.00. The molecule has 2 aromatic carbocycles. The molecule has 0 atom stereocenters. The van der Waals surface area contributed by atoms with E-state index in [4.69, 9.17) is 4.55 Å². The standard InChI is InChI=1S/C22H21N3O3S/c26-29(27,28)15-5-12-25-13-10-17(11-14-25)16-23-24-22-20-8-3-1-6-18(20)19-7-2-4-9-21(19)22/h1-4,6-11,13,16H,5,12,14-15H2,(H,26,27,28). The van der Waals surface area contributed by atoms with Gasteiger partial charge in [0.05, 0.1) is 12.0 Å². The van der Waals surface area contributed by atoms with E-state index in [0.717, 1.165) is 22.4 Å². The summed E-state index contributed by atoms with van der Waals surface area (Å²) in [6.45, 7) is 1.22. The van der Waals surface area contributed by atoms with Crippen molar-refractivity contribution in [1.29, 1.82) is 0 Å². The summed E-state index contributed by atoms with van der Waals surface area (Å²) in [5.74, 6) is -0.226. The van der Waals surface area contributed by atoms with Crippen molar-refractivity contribution in [1.82, 2.24) is 4.90 Å². The average molecular weight is 407 g/mol. The van der Waals surface area contributed by atoms with Crippen LogP contribution in [0.2, 0.25) is 0 Å². The lowest BCUT2D eigenvalue weighted by molar-refractivity contribution is 0.405. The van der Waals surface area contributed by atoms with Crippen LogP contribution >= 0.6 is 0 Å². The number of allylic oxidation sites excluding steroid dienone is 2. The minimum Gasteiger partial charge on any atom is -0.374 e. The highest BCUT2D eigenvalue weighted by atomic mass is 32.2. The van der Waals surface area contributed by atoms with E-state index in [2.05, 4.69) is 34.5 Å². The van der Waals surface area contributed by atoms with Crippen LogP contribution in [0.5, 0.6) is 0 Å². The molecule has 148 valence electrons. The van der Waals surface area contributed by atoms with Crippen LogP contribution in [0.1, 0.15) is 17.5 Å². The molecule has 0 spiro atoms. The van der Waals surface area contributed by atoms with Gasteiger partial charge < -0.3 is 4.90 Å². The van der Waals surface area contributed by atoms with Gasteiger partial charge in [0.1, 0.15) is 5.71 Å². The molecule has 0 aromatic heterocycles. The summed E-state index contributed by atoms with van der Waals surface area (Å²) in [5.41, 5.74) is 6.34. The summed E-state index contributed by atoms with van der Waals surface area (Å²) in [5, 5.41) is 8.81. The average Bonchev–Trinajstić information content (AvgIpc) is 3.03. The molecule has 2 aromatic rings. The van der Waals surface area contributed by atoms with Crippen molar-refractivity contribution in [2.24, 2.45) is 10.2 Å². The van der Waals surface area contributed by atoms with E-state index >= 15 is 0 Å². The molecule has 0 saturated carbocycles. The van der Waals surface area contributed by atoms with Gasteiger partial charge in [0.25, 0.3) is 10.1 Å². The molecule has 0 fully saturated rings. The summed E-state index contributed by atoms with van der Waals surface area (Å²) >= 11 is 0. The number of hydrogen-bond acceptors (Lipinski definition) is 5. The second kappa shape index (κ2) is 8.14. The predicted molar refractivity (Wildman–Crippen MR) is 116 cm³/mol. The first-order valence-electron chi connectivity index (χ1n) is 9.39. The van der Waals surface area contributed by atoms with Gasteiger partial charge >= 0.3 is 0 Å². The summed E-state index contributed by atoms with van der Waals surface area (Å²) in [7, 11) is -3.90. The van der Waals surface area contributed by atoms with Crippen LogP contribution in [0.25, 0.3) is 11.1 Å². The Morgan fingerprint density at radius 2 is 1.62 bits per heavy atom. The molecular formula is C22H21N3O3S. The third-order valence-electron chi connectivity index (χ3n) is 4.91. The van der Waals surface area contributed by atoms with Gasteiger partial charge in [-0.15, -0.1) is 5.10 Å². The fraction of sp³-hybridized carbons (Fsp3) is 0.182. The third-order valence-corrected chi connectivity index (χ3v) is 5.71. The van der Waals surface area contributed by atoms with E-state index < -0.39 is 10.1 Å². The first kappa shape index (κ1) is 19.3. The van der Waals surface area contributed by atoms with Crippen molar-refractivity contribution in [2.75, 3.05) is 18.8 Å². The number of fused-ring (bicyclic) bond motifs is 3. The molecule has 2 aliphatic rings. The van der Waals surface area contributed by atoms with Crippen LogP contribution in [-0.4, -0.2) is 48.6 Å². The zero-order valence-corrected chi connectivity index (χ0v) is 16.6. The van der Waals surface area contributed by atoms with Crippen LogP contribution in [0.3, 0.4) is 0 Å². The van der Waals surface area contributed by atoms with Crippen molar-refractivity contribution in [2.45, 2.75) is 6.42 Å². The maximum absolute atomic E-state index is 10.8. The predicted octanol–water partition coefficient (Wildman–Crippen LogP) is 3.52. The molecule has 1 heterocycles. The van der Waals surface area contributed by atoms with Gasteiger partial charge in [0.2, 0.25) is 0 Å². The van der Waals surface area contributed by atoms with E-state index in [0.29, 0.717) is 19.5 Å². The Labute approximate surface area is 170 Å². The lowest BCUT2D eigenvalue weighted by Crippen LogP contribution is -2.23. The van der Waals surface area contributed by atoms with Crippen LogP contribution in [0.15, 0.2) is 82.7 Å². The molecule has 1 N–H and O–H groups in total. The summed E-state index contributed by atoms with van der Waals surface area (Å²) < 4.78 is 30.4. The molecule has 0 amide bonds. The van der Waals surface area contributed by atoms with Crippen LogP contribution in [-0.2, 0) is 10.1 Å². The highest BCUT2D eigenvalue weighted by Crippen LogP contribution is 2.36. The largest absolute Gasteiger partial charge is 0.374 e. The van der Waals surface area contributed by atoms with E-state index in [9.17, 15) is 8.42 Å². The maximum atomic E-state index is 10.8. The summed E-state index contributed by atoms with van der Waals surface area (Å²) in [6, 6.07) is 16.4. The lowest BCUT2D eigenvalue weighted by atomic mass is 10.1. The highest BCUT2D eigenvalue weighted by molar-refractivity contribution is 7.85. The molecule has 0 bridgehead atoms. The van der Waals surface area contributed by atoms with Gasteiger partial charge in [0, 0.05) is 24.2 Å². The Balaban J connectivity index is 1.43. The number of rotatable bonds is 6. The van der Waals surface area contributed by atoms with E-state index in [1.807, 2.05) is 47.5 Å². The minimum absolute atomic E-state index is 0.226. The molecule has 0 radical (unpaired) electrons. The zero-order valence-electron chi connectivity index (χ0n) is 15.8. The SMILES string of the molecule is O=S(=O)(O)CCCN1C=CC(C=NN=C2c3ccccc3-c3ccccc32)=CC1. The Bertz CT molecular complexity index is 1100. The lowest BCUT2D eigenvalue weighted by Gasteiger charge is -2.21. The quantitative estimate of drug-likeness (QED) is 0.385. The van der Waals surface area contributed by atoms with Gasteiger partial charge in [0.15, 0.2) is 0 Å². The van der Waals surface area contributed by atoms with Gasteiger partial charge in [-0.3, -0.25) is 4.55 Å². The van der Waals surface area contributed by atoms with Crippen molar-refractivity contribution < 1.29 is 13.0 Å². The Morgan fingerprint density at radius 1 is 1.00 bits per heavy atom. The highest BCUT2D eigenvalue weighted by Gasteiger charge is 2.23. The normalized spacial score (nSPS) is 15.4. The molecule has 0 saturated heterocycles. The van der Waals surface area contributed by atoms with E-state index in [-0.39, 0.29) is 5.75 Å². The van der Waals surface area contributed by atoms with Gasteiger partial charge in [-0.25, -0.2) is 0 Å². The Kier molecular flexibility index (Phi) is 5.42. The maximum Gasteiger partial charge on any atom is 0.264 e. The number of nitrogens with zero attached hydrogens (tertiary/aromatic N) is 3. The van der Waals surface area contributed by atoms with Gasteiger partial charge in [-0.1, -0.05) is 54.6 Å². The molecule has 4 rings (SSSR count). The van der Waals surface area contributed by atoms with Crippen molar-refractivity contribution in [3.63, 3.8) is 0 Å². The molecule has 29 heavy (non-hydrogen) atoms. The molecular weight excluding hydrogens is 386 g/mol. The smallest absolute Gasteiger partial charge is 0.264 e. The molecule has 1 aliphatic carbocycles. The van der Waals surface area contributed by atoms with Crippen LogP contribution < -0.4 is 0 Å². The van der Waals surface area contributed by atoms with Crippen LogP contribution in [0, 0.1) is 0 Å². The van der Waals surface area contributed by atoms with E-state index in [1.165, 1.54) is 11.1 Å². The van der Waals surface area contributed by atoms with Crippen molar-refractivity contribution >= 4 is 22.0 Å². The van der Waals surface area contributed by atoms with Gasteiger partial charge in [-0.2, -0.15) is 13.5 Å². The minimum atomic E-state index is -3.90. The van der Waals surface area contributed by atoms with Crippen molar-refractivity contribution in [3.05, 3.63) is 83.6 Å². The summed E-state index contributed by atoms with van der Waals surface area (Å²) in [4.78, 5) is 1.98. The first-order chi connectivity index (χ1) is 14.0. The Hall–Kier alpha value is -3.03. The molecule has 1 aliphatic heterocycles. The Morgan fingerprint density at radius 3 is 2.17 bits per heavy atom. The third kappa shape index (κ3) is 4.52. The summed E-state index contributed by atoms with van der Waals surface area (Å²) in [6.07, 6.45) is 7.93. The number of hydrogen-bond donors (Lipinski definition) is 1. The fourth-order valence-electron chi connectivity index (χ4n) is 3.51. The van der Waals surface area contributed by atoms with Gasteiger partial charge in [-0.05, 0) is 35.4 Å². The van der Waals surface area contributed by atoms with Crippen molar-refractivity contribution in [3.8, 4) is 11.1 Å². The number of benzene rings is 2.